The van der Waals surface area contributed by atoms with Gasteiger partial charge < -0.3 is 5.32 Å². The summed E-state index contributed by atoms with van der Waals surface area (Å²) >= 11 is 0. The van der Waals surface area contributed by atoms with Crippen LogP contribution in [0.2, 0.25) is 0 Å². The van der Waals surface area contributed by atoms with Gasteiger partial charge >= 0.3 is 0 Å². The standard InChI is InChI=1S/C19H16F2N4O/c20-17-2-1-3-18(21)16(17)8-9-19(26)23-10-14-4-6-15(7-5-14)11-25-13-22-12-24-25/h1-9,12-13H,10-11H2,(H,23,26)/b9-8+. The number of halogens is 2. The van der Waals surface area contributed by atoms with Crippen molar-refractivity contribution in [1.29, 1.82) is 0 Å². The molecule has 1 N–H and O–H groups in total. The van der Waals surface area contributed by atoms with Crippen molar-refractivity contribution in [3.05, 3.63) is 89.5 Å². The van der Waals surface area contributed by atoms with Crippen molar-refractivity contribution in [3.63, 3.8) is 0 Å². The van der Waals surface area contributed by atoms with Crippen LogP contribution in [0.3, 0.4) is 0 Å². The van der Waals surface area contributed by atoms with Gasteiger partial charge in [0.15, 0.2) is 0 Å². The Labute approximate surface area is 149 Å². The lowest BCUT2D eigenvalue weighted by molar-refractivity contribution is -0.116. The number of benzene rings is 2. The van der Waals surface area contributed by atoms with Gasteiger partial charge in [-0.3, -0.25) is 4.79 Å². The molecule has 0 atom stereocenters. The normalized spacial score (nSPS) is 11.0. The van der Waals surface area contributed by atoms with Crippen LogP contribution >= 0.6 is 0 Å². The summed E-state index contributed by atoms with van der Waals surface area (Å²) in [5.41, 5.74) is 1.73. The fourth-order valence-corrected chi connectivity index (χ4v) is 2.34. The van der Waals surface area contributed by atoms with Gasteiger partial charge in [0, 0.05) is 18.2 Å². The highest BCUT2D eigenvalue weighted by Crippen LogP contribution is 2.13. The van der Waals surface area contributed by atoms with Crippen LogP contribution in [0.5, 0.6) is 0 Å². The summed E-state index contributed by atoms with van der Waals surface area (Å²) in [5, 5.41) is 6.71. The van der Waals surface area contributed by atoms with Crippen molar-refractivity contribution < 1.29 is 13.6 Å². The first kappa shape index (κ1) is 17.5. The minimum atomic E-state index is -0.711. The third kappa shape index (κ3) is 4.60. The molecular weight excluding hydrogens is 338 g/mol. The van der Waals surface area contributed by atoms with Gasteiger partial charge in [0.2, 0.25) is 5.91 Å². The van der Waals surface area contributed by atoms with Crippen LogP contribution in [-0.4, -0.2) is 20.7 Å². The second kappa shape index (κ2) is 8.15. The quantitative estimate of drug-likeness (QED) is 0.693. The molecular formula is C19H16F2N4O. The van der Waals surface area contributed by atoms with Crippen molar-refractivity contribution in [3.8, 4) is 0 Å². The lowest BCUT2D eigenvalue weighted by atomic mass is 10.1. The van der Waals surface area contributed by atoms with Gasteiger partial charge in [-0.05, 0) is 29.3 Å². The van der Waals surface area contributed by atoms with E-state index in [1.807, 2.05) is 24.3 Å². The van der Waals surface area contributed by atoms with Crippen molar-refractivity contribution in [2.24, 2.45) is 0 Å². The predicted molar refractivity (Wildman–Crippen MR) is 92.8 cm³/mol. The van der Waals surface area contributed by atoms with Crippen LogP contribution in [0.4, 0.5) is 8.78 Å². The second-order valence-corrected chi connectivity index (χ2v) is 5.60. The number of nitrogens with zero attached hydrogens (tertiary/aromatic N) is 3. The molecule has 5 nitrogen and oxygen atoms in total. The first-order valence-electron chi connectivity index (χ1n) is 7.92. The summed E-state index contributed by atoms with van der Waals surface area (Å²) in [6.07, 6.45) is 5.35. The van der Waals surface area contributed by atoms with Crippen LogP contribution in [0.1, 0.15) is 16.7 Å². The van der Waals surface area contributed by atoms with Gasteiger partial charge in [-0.1, -0.05) is 30.3 Å². The number of aromatic nitrogens is 3. The summed E-state index contributed by atoms with van der Waals surface area (Å²) < 4.78 is 28.7. The van der Waals surface area contributed by atoms with Crippen molar-refractivity contribution in [1.82, 2.24) is 20.1 Å². The maximum Gasteiger partial charge on any atom is 0.244 e. The molecule has 0 fully saturated rings. The van der Waals surface area contributed by atoms with Crippen molar-refractivity contribution >= 4 is 12.0 Å². The van der Waals surface area contributed by atoms with Gasteiger partial charge in [-0.2, -0.15) is 5.10 Å². The van der Waals surface area contributed by atoms with Crippen LogP contribution in [0.15, 0.2) is 61.2 Å². The van der Waals surface area contributed by atoms with Gasteiger partial charge in [0.25, 0.3) is 0 Å². The molecule has 0 radical (unpaired) electrons. The first-order chi connectivity index (χ1) is 12.6. The van der Waals surface area contributed by atoms with E-state index in [1.54, 1.807) is 11.0 Å². The van der Waals surface area contributed by atoms with Crippen LogP contribution in [-0.2, 0) is 17.9 Å². The monoisotopic (exact) mass is 354 g/mol. The van der Waals surface area contributed by atoms with E-state index in [1.165, 1.54) is 12.4 Å². The Morgan fingerprint density at radius 2 is 1.77 bits per heavy atom. The van der Waals surface area contributed by atoms with Gasteiger partial charge in [-0.25, -0.2) is 18.4 Å². The SMILES string of the molecule is O=C(/C=C/c1c(F)cccc1F)NCc1ccc(Cn2cncn2)cc1. The molecule has 1 amide bonds. The molecule has 1 heterocycles. The molecule has 0 unspecified atom stereocenters. The zero-order chi connectivity index (χ0) is 18.4. The number of carbonyl (C=O) groups is 1. The number of carbonyl (C=O) groups excluding carboxylic acids is 1. The highest BCUT2D eigenvalue weighted by Gasteiger charge is 2.05. The lowest BCUT2D eigenvalue weighted by Crippen LogP contribution is -2.20. The molecule has 132 valence electrons. The molecule has 0 bridgehead atoms. The largest absolute Gasteiger partial charge is 0.348 e. The van der Waals surface area contributed by atoms with Gasteiger partial charge in [-0.15, -0.1) is 0 Å². The Morgan fingerprint density at radius 3 is 2.42 bits per heavy atom. The van der Waals surface area contributed by atoms with E-state index in [2.05, 4.69) is 15.4 Å². The molecule has 1 aromatic heterocycles. The third-order valence-corrected chi connectivity index (χ3v) is 3.70. The number of hydrogen-bond acceptors (Lipinski definition) is 3. The Balaban J connectivity index is 1.53. The van der Waals surface area contributed by atoms with E-state index in [4.69, 9.17) is 0 Å². The van der Waals surface area contributed by atoms with Gasteiger partial charge in [0.1, 0.15) is 24.3 Å². The molecule has 0 aliphatic rings. The Hall–Kier alpha value is -3.35. The topological polar surface area (TPSA) is 59.8 Å². The number of amides is 1. The fourth-order valence-electron chi connectivity index (χ4n) is 2.34. The molecule has 26 heavy (non-hydrogen) atoms. The zero-order valence-electron chi connectivity index (χ0n) is 13.8. The van der Waals surface area contributed by atoms with E-state index < -0.39 is 17.5 Å². The average molecular weight is 354 g/mol. The average Bonchev–Trinajstić information content (AvgIpc) is 3.14. The third-order valence-electron chi connectivity index (χ3n) is 3.70. The minimum Gasteiger partial charge on any atom is -0.348 e. The predicted octanol–water partition coefficient (Wildman–Crippen LogP) is 2.93. The highest BCUT2D eigenvalue weighted by atomic mass is 19.1. The maximum absolute atomic E-state index is 13.5. The summed E-state index contributed by atoms with van der Waals surface area (Å²) in [7, 11) is 0. The van der Waals surface area contributed by atoms with E-state index >= 15 is 0 Å². The molecule has 7 heteroatoms. The summed E-state index contributed by atoms with van der Waals surface area (Å²) in [5.74, 6) is -1.85. The van der Waals surface area contributed by atoms with E-state index in [-0.39, 0.29) is 5.56 Å². The van der Waals surface area contributed by atoms with Crippen molar-refractivity contribution in [2.75, 3.05) is 0 Å². The van der Waals surface area contributed by atoms with Crippen LogP contribution in [0, 0.1) is 11.6 Å². The lowest BCUT2D eigenvalue weighted by Gasteiger charge is -2.05. The van der Waals surface area contributed by atoms with Crippen molar-refractivity contribution in [2.45, 2.75) is 13.1 Å². The molecule has 3 aromatic rings. The summed E-state index contributed by atoms with van der Waals surface area (Å²) in [6.45, 7) is 0.927. The smallest absolute Gasteiger partial charge is 0.244 e. The summed E-state index contributed by atoms with van der Waals surface area (Å²) in [4.78, 5) is 15.7. The number of hydrogen-bond donors (Lipinski definition) is 1. The molecule has 0 saturated heterocycles. The molecule has 0 spiro atoms. The fraction of sp³-hybridized carbons (Fsp3) is 0.105. The van der Waals surface area contributed by atoms with Crippen LogP contribution < -0.4 is 5.32 Å². The van der Waals surface area contributed by atoms with Crippen LogP contribution in [0.25, 0.3) is 6.08 Å². The highest BCUT2D eigenvalue weighted by molar-refractivity contribution is 5.91. The first-order valence-corrected chi connectivity index (χ1v) is 7.92. The molecule has 3 rings (SSSR count). The maximum atomic E-state index is 13.5. The number of nitrogens with one attached hydrogen (secondary N) is 1. The Kier molecular flexibility index (Phi) is 5.48. The Bertz CT molecular complexity index is 886. The van der Waals surface area contributed by atoms with E-state index in [0.29, 0.717) is 13.1 Å². The Morgan fingerprint density at radius 1 is 1.08 bits per heavy atom. The van der Waals surface area contributed by atoms with E-state index in [0.717, 1.165) is 35.4 Å². The second-order valence-electron chi connectivity index (χ2n) is 5.60. The molecule has 2 aromatic carbocycles. The zero-order valence-corrected chi connectivity index (χ0v) is 13.8. The van der Waals surface area contributed by atoms with E-state index in [9.17, 15) is 13.6 Å². The molecule has 0 saturated carbocycles. The molecule has 0 aliphatic heterocycles. The number of rotatable bonds is 6. The van der Waals surface area contributed by atoms with Gasteiger partial charge in [0.05, 0.1) is 6.54 Å². The molecule has 0 aliphatic carbocycles. The summed E-state index contributed by atoms with van der Waals surface area (Å²) in [6, 6.07) is 11.2. The minimum absolute atomic E-state index is 0.236.